The summed E-state index contributed by atoms with van der Waals surface area (Å²) in [5, 5.41) is 4.30. The maximum atomic E-state index is 12.5. The molecule has 0 saturated carbocycles. The normalized spacial score (nSPS) is 10.9. The summed E-state index contributed by atoms with van der Waals surface area (Å²) in [5.41, 5.74) is 0.783. The first-order valence-corrected chi connectivity index (χ1v) is 7.72. The molecule has 1 heterocycles. The summed E-state index contributed by atoms with van der Waals surface area (Å²) in [7, 11) is 1.58. The fraction of sp³-hybridized carbons (Fsp3) is 0.333. The Morgan fingerprint density at radius 2 is 2.17 bits per heavy atom. The summed E-state index contributed by atoms with van der Waals surface area (Å²) in [4.78, 5) is 13.9. The molecule has 0 aliphatic heterocycles. The van der Waals surface area contributed by atoms with E-state index in [0.717, 1.165) is 6.54 Å². The molecule has 23 heavy (non-hydrogen) atoms. The smallest absolute Gasteiger partial charge is 0.387 e. The van der Waals surface area contributed by atoms with Crippen molar-refractivity contribution in [3.63, 3.8) is 0 Å². The van der Waals surface area contributed by atoms with Crippen molar-refractivity contribution in [2.75, 3.05) is 7.05 Å². The number of halogens is 3. The number of hydrogen-bond donors (Lipinski definition) is 0. The second-order valence-corrected chi connectivity index (χ2v) is 5.76. The van der Waals surface area contributed by atoms with Gasteiger partial charge in [0.25, 0.3) is 5.91 Å². The maximum Gasteiger partial charge on any atom is 0.387 e. The van der Waals surface area contributed by atoms with E-state index in [1.807, 2.05) is 19.2 Å². The van der Waals surface area contributed by atoms with E-state index in [0.29, 0.717) is 10.2 Å². The first-order chi connectivity index (χ1) is 10.9. The van der Waals surface area contributed by atoms with E-state index in [4.69, 9.17) is 0 Å². The molecule has 0 bridgehead atoms. The third kappa shape index (κ3) is 4.51. The van der Waals surface area contributed by atoms with Crippen molar-refractivity contribution >= 4 is 21.8 Å². The van der Waals surface area contributed by atoms with Crippen molar-refractivity contribution in [3.05, 3.63) is 46.2 Å². The van der Waals surface area contributed by atoms with E-state index >= 15 is 0 Å². The van der Waals surface area contributed by atoms with E-state index in [-0.39, 0.29) is 17.9 Å². The molecular weight excluding hydrogens is 372 g/mol. The average Bonchev–Trinajstić information content (AvgIpc) is 2.95. The molecule has 124 valence electrons. The first-order valence-electron chi connectivity index (χ1n) is 6.93. The molecule has 0 unspecified atom stereocenters. The van der Waals surface area contributed by atoms with Crippen LogP contribution in [0.15, 0.2) is 34.9 Å². The van der Waals surface area contributed by atoms with E-state index in [1.54, 1.807) is 11.7 Å². The zero-order valence-corrected chi connectivity index (χ0v) is 14.3. The Labute approximate surface area is 141 Å². The third-order valence-corrected chi connectivity index (χ3v) is 3.65. The van der Waals surface area contributed by atoms with Gasteiger partial charge in [0.2, 0.25) is 0 Å². The van der Waals surface area contributed by atoms with E-state index in [2.05, 4.69) is 25.8 Å². The van der Waals surface area contributed by atoms with Gasteiger partial charge in [0.05, 0.1) is 17.8 Å². The van der Waals surface area contributed by atoms with Gasteiger partial charge in [-0.3, -0.25) is 9.48 Å². The van der Waals surface area contributed by atoms with Crippen molar-refractivity contribution < 1.29 is 18.3 Å². The van der Waals surface area contributed by atoms with Crippen LogP contribution in [0.2, 0.25) is 0 Å². The number of aromatic nitrogens is 2. The molecule has 0 aliphatic carbocycles. The van der Waals surface area contributed by atoms with Crippen molar-refractivity contribution in [1.29, 1.82) is 0 Å². The lowest BCUT2D eigenvalue weighted by molar-refractivity contribution is -0.0502. The van der Waals surface area contributed by atoms with Gasteiger partial charge in [-0.15, -0.1) is 0 Å². The Morgan fingerprint density at radius 1 is 1.43 bits per heavy atom. The van der Waals surface area contributed by atoms with Crippen LogP contribution in [0.5, 0.6) is 5.75 Å². The highest BCUT2D eigenvalue weighted by molar-refractivity contribution is 9.10. The molecule has 0 aliphatic rings. The number of hydrogen-bond acceptors (Lipinski definition) is 3. The molecule has 2 rings (SSSR count). The Kier molecular flexibility index (Phi) is 5.70. The number of aryl methyl sites for hydroxylation is 1. The number of rotatable bonds is 6. The maximum absolute atomic E-state index is 12.5. The largest absolute Gasteiger partial charge is 0.434 e. The number of carbonyl (C=O) groups excluding carboxylic acids is 1. The van der Waals surface area contributed by atoms with Crippen molar-refractivity contribution in [1.82, 2.24) is 14.7 Å². The second-order valence-electron chi connectivity index (χ2n) is 4.84. The van der Waals surface area contributed by atoms with Crippen molar-refractivity contribution in [2.24, 2.45) is 0 Å². The molecular formula is C15H16BrF2N3O2. The number of amides is 1. The van der Waals surface area contributed by atoms with Gasteiger partial charge in [0.1, 0.15) is 5.75 Å². The molecule has 1 amide bonds. The fourth-order valence-electron chi connectivity index (χ4n) is 2.05. The molecule has 1 aromatic carbocycles. The Hall–Kier alpha value is -1.96. The summed E-state index contributed by atoms with van der Waals surface area (Å²) in [5.74, 6) is -0.577. The van der Waals surface area contributed by atoms with Gasteiger partial charge < -0.3 is 9.64 Å². The summed E-state index contributed by atoms with van der Waals surface area (Å²) in [6, 6.07) is 6.15. The lowest BCUT2D eigenvalue weighted by atomic mass is 10.1. The Bertz CT molecular complexity index is 691. The highest BCUT2D eigenvalue weighted by Gasteiger charge is 2.20. The standard InChI is InChI=1S/C15H16BrF2N3O2/c1-3-21-7-6-11(19-21)9-20(2)14(22)12-8-10(16)4-5-13(12)23-15(17)18/h4-8,15H,3,9H2,1-2H3. The number of alkyl halides is 2. The van der Waals surface area contributed by atoms with Crippen LogP contribution in [0.1, 0.15) is 23.0 Å². The van der Waals surface area contributed by atoms with E-state index in [1.165, 1.54) is 23.1 Å². The van der Waals surface area contributed by atoms with Gasteiger partial charge in [-0.1, -0.05) is 15.9 Å². The van der Waals surface area contributed by atoms with Gasteiger partial charge in [0, 0.05) is 24.3 Å². The van der Waals surface area contributed by atoms with Crippen LogP contribution in [-0.2, 0) is 13.1 Å². The summed E-state index contributed by atoms with van der Waals surface area (Å²) in [6.45, 7) is -0.0308. The summed E-state index contributed by atoms with van der Waals surface area (Å²) in [6.07, 6.45) is 1.82. The van der Waals surface area contributed by atoms with E-state index in [9.17, 15) is 13.6 Å². The molecule has 0 N–H and O–H groups in total. The number of ether oxygens (including phenoxy) is 1. The number of benzene rings is 1. The van der Waals surface area contributed by atoms with Crippen molar-refractivity contribution in [2.45, 2.75) is 26.6 Å². The van der Waals surface area contributed by atoms with Gasteiger partial charge >= 0.3 is 6.61 Å². The highest BCUT2D eigenvalue weighted by atomic mass is 79.9. The lowest BCUT2D eigenvalue weighted by Gasteiger charge is -2.18. The predicted octanol–water partition coefficient (Wildman–Crippen LogP) is 3.54. The minimum Gasteiger partial charge on any atom is -0.434 e. The van der Waals surface area contributed by atoms with Crippen molar-refractivity contribution in [3.8, 4) is 5.75 Å². The molecule has 5 nitrogen and oxygen atoms in total. The van der Waals surface area contributed by atoms with Crippen LogP contribution in [0.4, 0.5) is 8.78 Å². The average molecular weight is 388 g/mol. The van der Waals surface area contributed by atoms with Crippen LogP contribution in [-0.4, -0.2) is 34.2 Å². The molecule has 2 aromatic rings. The lowest BCUT2D eigenvalue weighted by Crippen LogP contribution is -2.27. The molecule has 0 radical (unpaired) electrons. The van der Waals surface area contributed by atoms with Crippen LogP contribution >= 0.6 is 15.9 Å². The fourth-order valence-corrected chi connectivity index (χ4v) is 2.41. The van der Waals surface area contributed by atoms with Gasteiger partial charge in [-0.2, -0.15) is 13.9 Å². The second kappa shape index (κ2) is 7.54. The highest BCUT2D eigenvalue weighted by Crippen LogP contribution is 2.26. The van der Waals surface area contributed by atoms with Gasteiger partial charge in [0.15, 0.2) is 0 Å². The topological polar surface area (TPSA) is 47.4 Å². The monoisotopic (exact) mass is 387 g/mol. The van der Waals surface area contributed by atoms with Gasteiger partial charge in [-0.05, 0) is 31.2 Å². The zero-order valence-electron chi connectivity index (χ0n) is 12.7. The Morgan fingerprint density at radius 3 is 2.78 bits per heavy atom. The predicted molar refractivity (Wildman–Crippen MR) is 84.5 cm³/mol. The SMILES string of the molecule is CCn1ccc(CN(C)C(=O)c2cc(Br)ccc2OC(F)F)n1. The minimum absolute atomic E-state index is 0.0668. The molecule has 8 heteroatoms. The number of nitrogens with zero attached hydrogens (tertiary/aromatic N) is 3. The molecule has 0 fully saturated rings. The summed E-state index contributed by atoms with van der Waals surface area (Å²) >= 11 is 3.23. The van der Waals surface area contributed by atoms with Crippen LogP contribution in [0.3, 0.4) is 0 Å². The summed E-state index contributed by atoms with van der Waals surface area (Å²) < 4.78 is 31.7. The first kappa shape index (κ1) is 17.4. The van der Waals surface area contributed by atoms with Crippen LogP contribution in [0.25, 0.3) is 0 Å². The number of carbonyl (C=O) groups is 1. The molecule has 0 saturated heterocycles. The minimum atomic E-state index is -2.99. The van der Waals surface area contributed by atoms with Crippen LogP contribution < -0.4 is 4.74 Å². The Balaban J connectivity index is 2.19. The molecule has 0 spiro atoms. The van der Waals surface area contributed by atoms with Gasteiger partial charge in [-0.25, -0.2) is 0 Å². The zero-order chi connectivity index (χ0) is 17.0. The molecule has 0 atom stereocenters. The quantitative estimate of drug-likeness (QED) is 0.761. The third-order valence-electron chi connectivity index (χ3n) is 3.15. The van der Waals surface area contributed by atoms with E-state index < -0.39 is 12.5 Å². The molecule has 1 aromatic heterocycles. The van der Waals surface area contributed by atoms with Crippen LogP contribution in [0, 0.1) is 0 Å².